The van der Waals surface area contributed by atoms with E-state index in [-0.39, 0.29) is 15.5 Å². The zero-order valence-corrected chi connectivity index (χ0v) is 10.6. The molecule has 0 heterocycles. The van der Waals surface area contributed by atoms with E-state index in [4.69, 9.17) is 16.7 Å². The van der Waals surface area contributed by atoms with Crippen LogP contribution in [-0.4, -0.2) is 38.1 Å². The predicted molar refractivity (Wildman–Crippen MR) is 60.4 cm³/mol. The molecule has 0 saturated heterocycles. The molecule has 1 aromatic carbocycles. The molecule has 0 fully saturated rings. The third kappa shape index (κ3) is 2.75. The number of benzene rings is 1. The van der Waals surface area contributed by atoms with E-state index in [1.165, 1.54) is 14.2 Å². The number of rotatable bonds is 4. The monoisotopic (exact) mass is 279 g/mol. The quantitative estimate of drug-likeness (QED) is 0.838. The van der Waals surface area contributed by atoms with Crippen LogP contribution in [0.5, 0.6) is 0 Å². The van der Waals surface area contributed by atoms with E-state index in [0.717, 1.165) is 18.2 Å². The molecule has 0 aliphatic carbocycles. The number of carbonyl (C=O) groups is 1. The van der Waals surface area contributed by atoms with Crippen molar-refractivity contribution in [3.8, 4) is 0 Å². The second-order valence-electron chi connectivity index (χ2n) is 3.04. The van der Waals surface area contributed by atoms with Gasteiger partial charge in [0.2, 0.25) is 0 Å². The summed E-state index contributed by atoms with van der Waals surface area (Å²) < 4.78 is 24.2. The summed E-state index contributed by atoms with van der Waals surface area (Å²) in [5.41, 5.74) is -0.161. The van der Waals surface area contributed by atoms with Crippen molar-refractivity contribution >= 4 is 27.6 Å². The molecule has 0 aliphatic rings. The molecule has 1 N–H and O–H groups in total. The maximum atomic E-state index is 11.8. The Bertz CT molecular complexity index is 542. The van der Waals surface area contributed by atoms with Crippen LogP contribution in [0.2, 0.25) is 5.02 Å². The van der Waals surface area contributed by atoms with Crippen LogP contribution in [0, 0.1) is 0 Å². The van der Waals surface area contributed by atoms with Gasteiger partial charge in [0.1, 0.15) is 0 Å². The van der Waals surface area contributed by atoms with Crippen molar-refractivity contribution in [2.75, 3.05) is 14.2 Å². The maximum absolute atomic E-state index is 11.8. The highest BCUT2D eigenvalue weighted by atomic mass is 35.5. The van der Waals surface area contributed by atoms with Crippen LogP contribution >= 0.6 is 11.6 Å². The first-order valence-corrected chi connectivity index (χ1v) is 6.18. The van der Waals surface area contributed by atoms with Gasteiger partial charge in [-0.05, 0) is 18.2 Å². The number of hydrogen-bond donors (Lipinski definition) is 1. The van der Waals surface area contributed by atoms with Gasteiger partial charge in [-0.2, -0.15) is 0 Å². The molecule has 1 rings (SSSR count). The van der Waals surface area contributed by atoms with Crippen LogP contribution in [0.4, 0.5) is 0 Å². The molecular formula is C9H10ClNO5S. The Morgan fingerprint density at radius 1 is 1.47 bits per heavy atom. The molecule has 0 unspecified atom stereocenters. The third-order valence-corrected chi connectivity index (χ3v) is 4.05. The lowest BCUT2D eigenvalue weighted by Gasteiger charge is -2.14. The first-order valence-electron chi connectivity index (χ1n) is 4.36. The molecule has 1 aromatic rings. The van der Waals surface area contributed by atoms with Crippen LogP contribution < -0.4 is 0 Å². The molecule has 0 saturated carbocycles. The molecule has 94 valence electrons. The van der Waals surface area contributed by atoms with Crippen LogP contribution in [0.1, 0.15) is 10.4 Å². The van der Waals surface area contributed by atoms with Crippen molar-refractivity contribution in [1.82, 2.24) is 4.47 Å². The largest absolute Gasteiger partial charge is 0.478 e. The minimum Gasteiger partial charge on any atom is -0.478 e. The standard InChI is InChI=1S/C9H10ClNO5S/c1-11(16-2)17(14,15)6-3-4-7(9(12)13)8(10)5-6/h3-5H,1-2H3,(H,12,13). The Labute approximate surface area is 103 Å². The number of aromatic carboxylic acids is 1. The first-order chi connectivity index (χ1) is 7.80. The van der Waals surface area contributed by atoms with Crippen molar-refractivity contribution in [2.45, 2.75) is 4.90 Å². The fraction of sp³-hybridized carbons (Fsp3) is 0.222. The fourth-order valence-electron chi connectivity index (χ4n) is 1.08. The van der Waals surface area contributed by atoms with Gasteiger partial charge in [0, 0.05) is 7.05 Å². The summed E-state index contributed by atoms with van der Waals surface area (Å²) in [6, 6.07) is 3.34. The molecule has 6 nitrogen and oxygen atoms in total. The van der Waals surface area contributed by atoms with E-state index in [2.05, 4.69) is 4.84 Å². The molecule has 0 radical (unpaired) electrons. The summed E-state index contributed by atoms with van der Waals surface area (Å²) in [6.45, 7) is 0. The number of carboxylic acids is 1. The van der Waals surface area contributed by atoms with E-state index in [1.54, 1.807) is 0 Å². The van der Waals surface area contributed by atoms with Crippen molar-refractivity contribution < 1.29 is 23.2 Å². The van der Waals surface area contributed by atoms with E-state index in [0.29, 0.717) is 4.47 Å². The predicted octanol–water partition coefficient (Wildman–Crippen LogP) is 1.22. The smallest absolute Gasteiger partial charge is 0.337 e. The molecule has 0 spiro atoms. The molecular weight excluding hydrogens is 270 g/mol. The summed E-state index contributed by atoms with van der Waals surface area (Å²) in [7, 11) is -1.40. The number of hydrogen-bond acceptors (Lipinski definition) is 4. The van der Waals surface area contributed by atoms with Gasteiger partial charge >= 0.3 is 5.97 Å². The van der Waals surface area contributed by atoms with Gasteiger partial charge in [-0.1, -0.05) is 16.1 Å². The maximum Gasteiger partial charge on any atom is 0.337 e. The lowest BCUT2D eigenvalue weighted by atomic mass is 10.2. The minimum absolute atomic E-state index is 0.142. The number of carboxylic acid groups (broad SMARTS) is 1. The summed E-state index contributed by atoms with van der Waals surface area (Å²) >= 11 is 5.67. The topological polar surface area (TPSA) is 83.9 Å². The number of sulfonamides is 1. The molecule has 8 heteroatoms. The molecule has 17 heavy (non-hydrogen) atoms. The van der Waals surface area contributed by atoms with Gasteiger partial charge < -0.3 is 5.11 Å². The second-order valence-corrected chi connectivity index (χ2v) is 5.39. The zero-order valence-electron chi connectivity index (χ0n) is 9.05. The summed E-state index contributed by atoms with van der Waals surface area (Å²) in [5.74, 6) is -1.22. The normalized spacial score (nSPS) is 11.8. The highest BCUT2D eigenvalue weighted by molar-refractivity contribution is 7.89. The Balaban J connectivity index is 3.28. The summed E-state index contributed by atoms with van der Waals surface area (Å²) in [6.07, 6.45) is 0. The third-order valence-electron chi connectivity index (χ3n) is 2.06. The number of hydroxylamine groups is 1. The molecule has 0 atom stereocenters. The number of nitrogens with zero attached hydrogens (tertiary/aromatic N) is 1. The minimum atomic E-state index is -3.82. The van der Waals surface area contributed by atoms with Gasteiger partial charge in [0.15, 0.2) is 0 Å². The van der Waals surface area contributed by atoms with Crippen molar-refractivity contribution in [3.63, 3.8) is 0 Å². The summed E-state index contributed by atoms with van der Waals surface area (Å²) in [4.78, 5) is 15.1. The van der Waals surface area contributed by atoms with Gasteiger partial charge in [-0.15, -0.1) is 0 Å². The Kier molecular flexibility index (Phi) is 4.10. The van der Waals surface area contributed by atoms with E-state index < -0.39 is 16.0 Å². The van der Waals surface area contributed by atoms with Gasteiger partial charge in [-0.25, -0.2) is 13.2 Å². The van der Waals surface area contributed by atoms with Crippen molar-refractivity contribution in [3.05, 3.63) is 28.8 Å². The Hall–Kier alpha value is -1.15. The molecule has 0 aliphatic heterocycles. The zero-order chi connectivity index (χ0) is 13.2. The molecule has 0 aromatic heterocycles. The summed E-state index contributed by atoms with van der Waals surface area (Å²) in [5, 5.41) is 8.60. The Morgan fingerprint density at radius 2 is 2.06 bits per heavy atom. The highest BCUT2D eigenvalue weighted by Crippen LogP contribution is 2.22. The van der Waals surface area contributed by atoms with E-state index in [1.807, 2.05) is 0 Å². The SMILES string of the molecule is CON(C)S(=O)(=O)c1ccc(C(=O)O)c(Cl)c1. The fourth-order valence-corrected chi connectivity index (χ4v) is 2.40. The van der Waals surface area contributed by atoms with Crippen molar-refractivity contribution in [1.29, 1.82) is 0 Å². The molecule has 0 bridgehead atoms. The lowest BCUT2D eigenvalue weighted by molar-refractivity contribution is -0.0258. The Morgan fingerprint density at radius 3 is 2.47 bits per heavy atom. The molecule has 0 amide bonds. The first kappa shape index (κ1) is 13.9. The van der Waals surface area contributed by atoms with Gasteiger partial charge in [0.05, 0.1) is 22.6 Å². The second kappa shape index (κ2) is 5.01. The van der Waals surface area contributed by atoms with Crippen LogP contribution in [0.15, 0.2) is 23.1 Å². The van der Waals surface area contributed by atoms with E-state index in [9.17, 15) is 13.2 Å². The highest BCUT2D eigenvalue weighted by Gasteiger charge is 2.22. The van der Waals surface area contributed by atoms with Gasteiger partial charge in [0.25, 0.3) is 10.0 Å². The average molecular weight is 280 g/mol. The average Bonchev–Trinajstić information content (AvgIpc) is 2.27. The van der Waals surface area contributed by atoms with Crippen molar-refractivity contribution in [2.24, 2.45) is 0 Å². The number of halogens is 1. The van der Waals surface area contributed by atoms with Crippen LogP contribution in [-0.2, 0) is 14.9 Å². The van der Waals surface area contributed by atoms with Crippen LogP contribution in [0.3, 0.4) is 0 Å². The lowest BCUT2D eigenvalue weighted by Crippen LogP contribution is -2.25. The van der Waals surface area contributed by atoms with Crippen LogP contribution in [0.25, 0.3) is 0 Å². The van der Waals surface area contributed by atoms with Gasteiger partial charge in [-0.3, -0.25) is 4.84 Å². The van der Waals surface area contributed by atoms with E-state index >= 15 is 0 Å².